The average Bonchev–Trinajstić information content (AvgIpc) is 2.24. The summed E-state index contributed by atoms with van der Waals surface area (Å²) < 4.78 is 0. The molecule has 0 saturated heterocycles. The van der Waals surface area contributed by atoms with Gasteiger partial charge in [-0.05, 0) is 39.3 Å². The summed E-state index contributed by atoms with van der Waals surface area (Å²) in [6.07, 6.45) is -0.307. The normalized spacial score (nSPS) is 13.7. The molecule has 0 aliphatic carbocycles. The number of aliphatic hydroxyl groups excluding tert-OH is 1. The minimum absolute atomic E-state index is 0.0638. The summed E-state index contributed by atoms with van der Waals surface area (Å²) in [6, 6.07) is 8.28. The maximum absolute atomic E-state index is 9.88. The van der Waals surface area contributed by atoms with Crippen LogP contribution in [0.4, 0.5) is 0 Å². The summed E-state index contributed by atoms with van der Waals surface area (Å²) in [7, 11) is 0. The lowest BCUT2D eigenvalue weighted by Crippen LogP contribution is -2.41. The van der Waals surface area contributed by atoms with E-state index in [1.54, 1.807) is 11.8 Å². The Morgan fingerprint density at radius 1 is 1.29 bits per heavy atom. The molecule has 0 aromatic heterocycles. The molecule has 3 heteroatoms. The Labute approximate surface area is 109 Å². The van der Waals surface area contributed by atoms with Gasteiger partial charge in [0, 0.05) is 22.7 Å². The summed E-state index contributed by atoms with van der Waals surface area (Å²) in [5.41, 5.74) is 1.34. The van der Waals surface area contributed by atoms with Crippen LogP contribution in [0.3, 0.4) is 0 Å². The van der Waals surface area contributed by atoms with Gasteiger partial charge in [-0.1, -0.05) is 18.2 Å². The van der Waals surface area contributed by atoms with Crippen molar-refractivity contribution in [2.75, 3.05) is 12.3 Å². The van der Waals surface area contributed by atoms with Crippen molar-refractivity contribution >= 4 is 11.8 Å². The van der Waals surface area contributed by atoms with E-state index >= 15 is 0 Å². The molecule has 96 valence electrons. The first-order valence-electron chi connectivity index (χ1n) is 6.00. The Hall–Kier alpha value is -0.510. The smallest absolute Gasteiger partial charge is 0.0758 e. The lowest BCUT2D eigenvalue weighted by atomic mass is 10.1. The SMILES string of the molecule is Cc1ccccc1SCC(O)CNC(C)(C)C. The Morgan fingerprint density at radius 2 is 1.94 bits per heavy atom. The second-order valence-corrected chi connectivity index (χ2v) is 6.42. The molecule has 1 unspecified atom stereocenters. The number of aliphatic hydroxyl groups is 1. The van der Waals surface area contributed by atoms with Gasteiger partial charge in [0.05, 0.1) is 6.10 Å². The minimum atomic E-state index is -0.307. The van der Waals surface area contributed by atoms with Crippen LogP contribution in [0.2, 0.25) is 0 Å². The third-order valence-corrected chi connectivity index (χ3v) is 3.71. The highest BCUT2D eigenvalue weighted by molar-refractivity contribution is 7.99. The monoisotopic (exact) mass is 253 g/mol. The Morgan fingerprint density at radius 3 is 2.53 bits per heavy atom. The summed E-state index contributed by atoms with van der Waals surface area (Å²) in [4.78, 5) is 1.25. The van der Waals surface area contributed by atoms with Crippen LogP contribution in [0.15, 0.2) is 29.2 Å². The van der Waals surface area contributed by atoms with Crippen molar-refractivity contribution in [3.63, 3.8) is 0 Å². The fourth-order valence-electron chi connectivity index (χ4n) is 1.39. The van der Waals surface area contributed by atoms with Crippen molar-refractivity contribution in [3.05, 3.63) is 29.8 Å². The first-order valence-corrected chi connectivity index (χ1v) is 6.98. The van der Waals surface area contributed by atoms with Gasteiger partial charge in [-0.15, -0.1) is 11.8 Å². The van der Waals surface area contributed by atoms with Crippen LogP contribution in [-0.4, -0.2) is 29.0 Å². The lowest BCUT2D eigenvalue weighted by molar-refractivity contribution is 0.183. The summed E-state index contributed by atoms with van der Waals surface area (Å²) in [5.74, 6) is 0.730. The molecule has 0 heterocycles. The summed E-state index contributed by atoms with van der Waals surface area (Å²) in [6.45, 7) is 9.06. The second kappa shape index (κ2) is 6.43. The molecule has 0 aliphatic rings. The summed E-state index contributed by atoms with van der Waals surface area (Å²) >= 11 is 1.72. The molecule has 1 atom stereocenters. The number of benzene rings is 1. The van der Waals surface area contributed by atoms with Gasteiger partial charge < -0.3 is 10.4 Å². The lowest BCUT2D eigenvalue weighted by Gasteiger charge is -2.22. The van der Waals surface area contributed by atoms with Gasteiger partial charge >= 0.3 is 0 Å². The highest BCUT2D eigenvalue weighted by Crippen LogP contribution is 2.22. The molecular weight excluding hydrogens is 230 g/mol. The maximum Gasteiger partial charge on any atom is 0.0758 e. The quantitative estimate of drug-likeness (QED) is 0.792. The Balaban J connectivity index is 2.34. The number of hydrogen-bond acceptors (Lipinski definition) is 3. The Bertz CT molecular complexity index is 346. The molecule has 0 bridgehead atoms. The van der Waals surface area contributed by atoms with Crippen molar-refractivity contribution < 1.29 is 5.11 Å². The van der Waals surface area contributed by atoms with E-state index in [0.717, 1.165) is 5.75 Å². The number of aryl methyl sites for hydroxylation is 1. The predicted molar refractivity (Wildman–Crippen MR) is 75.7 cm³/mol. The molecule has 0 aliphatic heterocycles. The molecule has 1 aromatic carbocycles. The van der Waals surface area contributed by atoms with Crippen LogP contribution in [-0.2, 0) is 0 Å². The number of rotatable bonds is 5. The van der Waals surface area contributed by atoms with Crippen LogP contribution in [0, 0.1) is 6.92 Å². The largest absolute Gasteiger partial charge is 0.391 e. The molecular formula is C14H23NOS. The standard InChI is InChI=1S/C14H23NOS/c1-11-7-5-6-8-13(11)17-10-12(16)9-15-14(2,3)4/h5-8,12,15-16H,9-10H2,1-4H3. The fourth-order valence-corrected chi connectivity index (χ4v) is 2.35. The van der Waals surface area contributed by atoms with Crippen molar-refractivity contribution in [1.82, 2.24) is 5.32 Å². The molecule has 1 aromatic rings. The van der Waals surface area contributed by atoms with Crippen molar-refractivity contribution in [3.8, 4) is 0 Å². The van der Waals surface area contributed by atoms with E-state index in [4.69, 9.17) is 0 Å². The van der Waals surface area contributed by atoms with E-state index in [0.29, 0.717) is 6.54 Å². The maximum atomic E-state index is 9.88. The third kappa shape index (κ3) is 6.10. The first kappa shape index (κ1) is 14.6. The fraction of sp³-hybridized carbons (Fsp3) is 0.571. The average molecular weight is 253 g/mol. The summed E-state index contributed by atoms with van der Waals surface area (Å²) in [5, 5.41) is 13.2. The van der Waals surface area contributed by atoms with Crippen LogP contribution in [0.1, 0.15) is 26.3 Å². The number of nitrogens with one attached hydrogen (secondary N) is 1. The molecule has 1 rings (SSSR count). The zero-order valence-electron chi connectivity index (χ0n) is 11.2. The van der Waals surface area contributed by atoms with Gasteiger partial charge in [0.1, 0.15) is 0 Å². The minimum Gasteiger partial charge on any atom is -0.391 e. The van der Waals surface area contributed by atoms with Crippen LogP contribution < -0.4 is 5.32 Å². The molecule has 0 fully saturated rings. The molecule has 0 saturated carbocycles. The van der Waals surface area contributed by atoms with Crippen LogP contribution >= 0.6 is 11.8 Å². The van der Waals surface area contributed by atoms with Gasteiger partial charge in [0.2, 0.25) is 0 Å². The van der Waals surface area contributed by atoms with Crippen molar-refractivity contribution in [2.45, 2.75) is 44.2 Å². The van der Waals surface area contributed by atoms with Gasteiger partial charge in [-0.2, -0.15) is 0 Å². The van der Waals surface area contributed by atoms with E-state index in [-0.39, 0.29) is 11.6 Å². The number of thioether (sulfide) groups is 1. The van der Waals surface area contributed by atoms with E-state index in [1.165, 1.54) is 10.5 Å². The highest BCUT2D eigenvalue weighted by Gasteiger charge is 2.12. The van der Waals surface area contributed by atoms with Crippen LogP contribution in [0.25, 0.3) is 0 Å². The van der Waals surface area contributed by atoms with Gasteiger partial charge in [-0.3, -0.25) is 0 Å². The van der Waals surface area contributed by atoms with Crippen LogP contribution in [0.5, 0.6) is 0 Å². The van der Waals surface area contributed by atoms with Crippen molar-refractivity contribution in [1.29, 1.82) is 0 Å². The van der Waals surface area contributed by atoms with E-state index in [2.05, 4.69) is 45.1 Å². The predicted octanol–water partition coefficient (Wildman–Crippen LogP) is 2.84. The van der Waals surface area contributed by atoms with Gasteiger partial charge in [-0.25, -0.2) is 0 Å². The first-order chi connectivity index (χ1) is 7.88. The van der Waals surface area contributed by atoms with E-state index < -0.39 is 0 Å². The number of hydrogen-bond donors (Lipinski definition) is 2. The Kier molecular flexibility index (Phi) is 5.50. The van der Waals surface area contributed by atoms with E-state index in [1.807, 2.05) is 12.1 Å². The molecule has 17 heavy (non-hydrogen) atoms. The molecule has 0 spiro atoms. The molecule has 2 N–H and O–H groups in total. The third-order valence-electron chi connectivity index (χ3n) is 2.39. The van der Waals surface area contributed by atoms with Gasteiger partial charge in [0.15, 0.2) is 0 Å². The highest BCUT2D eigenvalue weighted by atomic mass is 32.2. The van der Waals surface area contributed by atoms with Gasteiger partial charge in [0.25, 0.3) is 0 Å². The zero-order chi connectivity index (χ0) is 12.9. The number of β-amino-alcohol motifs (C(OH)–C–C–N with tert-alkyl or cyclic N) is 1. The topological polar surface area (TPSA) is 32.3 Å². The van der Waals surface area contributed by atoms with E-state index in [9.17, 15) is 5.11 Å². The molecule has 0 amide bonds. The second-order valence-electron chi connectivity index (χ2n) is 5.36. The molecule has 0 radical (unpaired) electrons. The molecule has 2 nitrogen and oxygen atoms in total. The van der Waals surface area contributed by atoms with Crippen molar-refractivity contribution in [2.24, 2.45) is 0 Å². The zero-order valence-corrected chi connectivity index (χ0v) is 12.0.